The summed E-state index contributed by atoms with van der Waals surface area (Å²) in [5.74, 6) is 0.487. The predicted octanol–water partition coefficient (Wildman–Crippen LogP) is 1.30. The molecule has 0 saturated heterocycles. The van der Waals surface area contributed by atoms with E-state index in [9.17, 15) is 14.0 Å². The number of amides is 1. The van der Waals surface area contributed by atoms with E-state index in [4.69, 9.17) is 4.74 Å². The standard InChI is InChI=1S/C15H14FN3O3S/c16-10-1-3-11(4-2-10)22-7-5-17-13(20)12-9-18-15-19(14(12)21)6-8-23-15/h1-4,9H,5-8H2,(H,17,20). The Kier molecular flexibility index (Phi) is 4.61. The number of benzene rings is 1. The van der Waals surface area contributed by atoms with Gasteiger partial charge >= 0.3 is 0 Å². The Morgan fingerprint density at radius 3 is 2.96 bits per heavy atom. The number of thioether (sulfide) groups is 1. The van der Waals surface area contributed by atoms with Crippen molar-refractivity contribution in [3.8, 4) is 5.75 Å². The molecule has 1 aromatic heterocycles. The number of fused-ring (bicyclic) bond motifs is 1. The Morgan fingerprint density at radius 2 is 2.17 bits per heavy atom. The molecule has 0 spiro atoms. The van der Waals surface area contributed by atoms with Crippen molar-refractivity contribution in [1.82, 2.24) is 14.9 Å². The summed E-state index contributed by atoms with van der Waals surface area (Å²) in [6.45, 7) is 1.01. The van der Waals surface area contributed by atoms with Gasteiger partial charge in [-0.15, -0.1) is 0 Å². The minimum absolute atomic E-state index is 0.0260. The largest absolute Gasteiger partial charge is 0.492 e. The smallest absolute Gasteiger partial charge is 0.267 e. The molecule has 1 aromatic carbocycles. The molecule has 2 aromatic rings. The number of rotatable bonds is 5. The number of halogens is 1. The van der Waals surface area contributed by atoms with E-state index >= 15 is 0 Å². The van der Waals surface area contributed by atoms with Crippen molar-refractivity contribution >= 4 is 17.7 Å². The molecule has 8 heteroatoms. The van der Waals surface area contributed by atoms with Crippen LogP contribution >= 0.6 is 11.8 Å². The van der Waals surface area contributed by atoms with Crippen LogP contribution < -0.4 is 15.6 Å². The number of aromatic nitrogens is 2. The number of carbonyl (C=O) groups excluding carboxylic acids is 1. The van der Waals surface area contributed by atoms with Gasteiger partial charge in [0.1, 0.15) is 23.7 Å². The predicted molar refractivity (Wildman–Crippen MR) is 83.4 cm³/mol. The van der Waals surface area contributed by atoms with E-state index in [0.717, 1.165) is 5.75 Å². The molecular weight excluding hydrogens is 321 g/mol. The Labute approximate surface area is 135 Å². The van der Waals surface area contributed by atoms with Crippen LogP contribution in [0.25, 0.3) is 0 Å². The second-order valence-electron chi connectivity index (χ2n) is 4.82. The van der Waals surface area contributed by atoms with Gasteiger partial charge in [-0.25, -0.2) is 9.37 Å². The third-order valence-corrected chi connectivity index (χ3v) is 4.24. The Balaban J connectivity index is 1.54. The highest BCUT2D eigenvalue weighted by Crippen LogP contribution is 2.20. The summed E-state index contributed by atoms with van der Waals surface area (Å²) in [7, 11) is 0. The van der Waals surface area contributed by atoms with Gasteiger partial charge in [-0.3, -0.25) is 14.2 Å². The molecule has 23 heavy (non-hydrogen) atoms. The van der Waals surface area contributed by atoms with Crippen LogP contribution in [-0.4, -0.2) is 34.4 Å². The summed E-state index contributed by atoms with van der Waals surface area (Å²) in [6.07, 6.45) is 1.31. The molecule has 0 radical (unpaired) electrons. The highest BCUT2D eigenvalue weighted by Gasteiger charge is 2.19. The zero-order chi connectivity index (χ0) is 16.2. The molecule has 0 fully saturated rings. The van der Waals surface area contributed by atoms with Crippen molar-refractivity contribution in [2.24, 2.45) is 0 Å². The van der Waals surface area contributed by atoms with Gasteiger partial charge < -0.3 is 10.1 Å². The first-order valence-electron chi connectivity index (χ1n) is 7.04. The maximum Gasteiger partial charge on any atom is 0.267 e. The number of nitrogens with zero attached hydrogens (tertiary/aromatic N) is 2. The minimum Gasteiger partial charge on any atom is -0.492 e. The second kappa shape index (κ2) is 6.82. The molecule has 0 atom stereocenters. The molecule has 0 aliphatic carbocycles. The topological polar surface area (TPSA) is 73.2 Å². The maximum absolute atomic E-state index is 12.7. The highest BCUT2D eigenvalue weighted by molar-refractivity contribution is 7.99. The Hall–Kier alpha value is -2.35. The lowest BCUT2D eigenvalue weighted by Crippen LogP contribution is -2.35. The van der Waals surface area contributed by atoms with Crippen LogP contribution in [0.3, 0.4) is 0 Å². The lowest BCUT2D eigenvalue weighted by molar-refractivity contribution is 0.0944. The molecule has 3 rings (SSSR count). The van der Waals surface area contributed by atoms with E-state index in [2.05, 4.69) is 10.3 Å². The zero-order valence-electron chi connectivity index (χ0n) is 12.1. The first kappa shape index (κ1) is 15.5. The third-order valence-electron chi connectivity index (χ3n) is 3.27. The number of nitrogens with one attached hydrogen (secondary N) is 1. The van der Waals surface area contributed by atoms with E-state index in [1.54, 1.807) is 0 Å². The molecule has 0 bridgehead atoms. The fourth-order valence-electron chi connectivity index (χ4n) is 2.13. The monoisotopic (exact) mass is 335 g/mol. The third kappa shape index (κ3) is 3.53. The van der Waals surface area contributed by atoms with Crippen LogP contribution in [0.1, 0.15) is 10.4 Å². The quantitative estimate of drug-likeness (QED) is 0.658. The van der Waals surface area contributed by atoms with Crippen LogP contribution in [0, 0.1) is 5.82 Å². The Morgan fingerprint density at radius 1 is 1.39 bits per heavy atom. The lowest BCUT2D eigenvalue weighted by atomic mass is 10.3. The molecule has 2 heterocycles. The van der Waals surface area contributed by atoms with Gasteiger partial charge in [-0.1, -0.05) is 11.8 Å². The van der Waals surface area contributed by atoms with Crippen molar-refractivity contribution < 1.29 is 13.9 Å². The van der Waals surface area contributed by atoms with Crippen LogP contribution in [0.5, 0.6) is 5.75 Å². The van der Waals surface area contributed by atoms with Crippen LogP contribution in [0.15, 0.2) is 40.4 Å². The summed E-state index contributed by atoms with van der Waals surface area (Å²) in [6, 6.07) is 5.60. The van der Waals surface area contributed by atoms with Crippen LogP contribution in [0.2, 0.25) is 0 Å². The molecule has 6 nitrogen and oxygen atoms in total. The lowest BCUT2D eigenvalue weighted by Gasteiger charge is -2.08. The van der Waals surface area contributed by atoms with Crippen molar-refractivity contribution in [3.63, 3.8) is 0 Å². The van der Waals surface area contributed by atoms with Gasteiger partial charge in [-0.05, 0) is 24.3 Å². The normalized spacial score (nSPS) is 12.7. The average Bonchev–Trinajstić information content (AvgIpc) is 3.03. The van der Waals surface area contributed by atoms with E-state index in [1.165, 1.54) is 46.8 Å². The number of hydrogen-bond acceptors (Lipinski definition) is 5. The Bertz CT molecular complexity index is 777. The van der Waals surface area contributed by atoms with E-state index in [1.807, 2.05) is 0 Å². The number of carbonyl (C=O) groups is 1. The molecule has 1 N–H and O–H groups in total. The SMILES string of the molecule is O=C(NCCOc1ccc(F)cc1)c1cnc2n(c1=O)CCS2. The molecular formula is C15H14FN3O3S. The van der Waals surface area contributed by atoms with Gasteiger partial charge in [0.25, 0.3) is 11.5 Å². The van der Waals surface area contributed by atoms with Gasteiger partial charge in [0.15, 0.2) is 5.16 Å². The molecule has 1 amide bonds. The summed E-state index contributed by atoms with van der Waals surface area (Å²) < 4.78 is 19.6. The van der Waals surface area contributed by atoms with Crippen molar-refractivity contribution in [2.75, 3.05) is 18.9 Å². The molecule has 1 aliphatic rings. The zero-order valence-corrected chi connectivity index (χ0v) is 12.9. The summed E-state index contributed by atoms with van der Waals surface area (Å²) in [5, 5.41) is 3.26. The number of ether oxygens (including phenoxy) is 1. The van der Waals surface area contributed by atoms with Gasteiger partial charge in [0.2, 0.25) is 0 Å². The molecule has 0 saturated carbocycles. The van der Waals surface area contributed by atoms with E-state index in [0.29, 0.717) is 17.5 Å². The van der Waals surface area contributed by atoms with Crippen molar-refractivity contribution in [3.05, 3.63) is 52.2 Å². The van der Waals surface area contributed by atoms with Crippen molar-refractivity contribution in [1.29, 1.82) is 0 Å². The van der Waals surface area contributed by atoms with Crippen LogP contribution in [0.4, 0.5) is 4.39 Å². The van der Waals surface area contributed by atoms with Crippen molar-refractivity contribution in [2.45, 2.75) is 11.7 Å². The highest BCUT2D eigenvalue weighted by atomic mass is 32.2. The second-order valence-corrected chi connectivity index (χ2v) is 5.88. The number of hydrogen-bond donors (Lipinski definition) is 1. The first-order valence-corrected chi connectivity index (χ1v) is 8.03. The van der Waals surface area contributed by atoms with E-state index in [-0.39, 0.29) is 30.1 Å². The average molecular weight is 335 g/mol. The van der Waals surface area contributed by atoms with Crippen LogP contribution in [-0.2, 0) is 6.54 Å². The fraction of sp³-hybridized carbons (Fsp3) is 0.267. The molecule has 120 valence electrons. The van der Waals surface area contributed by atoms with E-state index < -0.39 is 5.91 Å². The van der Waals surface area contributed by atoms with Gasteiger partial charge in [0, 0.05) is 18.5 Å². The minimum atomic E-state index is -0.475. The summed E-state index contributed by atoms with van der Waals surface area (Å²) in [4.78, 5) is 28.3. The van der Waals surface area contributed by atoms with Gasteiger partial charge in [-0.2, -0.15) is 0 Å². The summed E-state index contributed by atoms with van der Waals surface area (Å²) in [5.41, 5.74) is -0.296. The summed E-state index contributed by atoms with van der Waals surface area (Å²) >= 11 is 1.50. The molecule has 1 aliphatic heterocycles. The maximum atomic E-state index is 12.7. The molecule has 0 unspecified atom stereocenters. The fourth-order valence-corrected chi connectivity index (χ4v) is 3.05. The first-order chi connectivity index (χ1) is 11.1. The van der Waals surface area contributed by atoms with Gasteiger partial charge in [0.05, 0.1) is 6.54 Å².